The number of hydrogen-bond acceptors (Lipinski definition) is 8. The molecule has 132 valence electrons. The summed E-state index contributed by atoms with van der Waals surface area (Å²) in [6.07, 6.45) is 1.07. The highest BCUT2D eigenvalue weighted by Crippen LogP contribution is 2.46. The van der Waals surface area contributed by atoms with Crippen molar-refractivity contribution in [3.63, 3.8) is 0 Å². The van der Waals surface area contributed by atoms with Gasteiger partial charge in [-0.1, -0.05) is 0 Å². The molecule has 1 aromatic heterocycles. The van der Waals surface area contributed by atoms with Gasteiger partial charge in [0.1, 0.15) is 12.4 Å². The number of amides is 1. The summed E-state index contributed by atoms with van der Waals surface area (Å²) in [5, 5.41) is 6.63. The lowest BCUT2D eigenvalue weighted by Crippen LogP contribution is -2.27. The first-order chi connectivity index (χ1) is 12.0. The van der Waals surface area contributed by atoms with Crippen LogP contribution in [-0.2, 0) is 4.79 Å². The Morgan fingerprint density at radius 3 is 2.48 bits per heavy atom. The molecule has 0 radical (unpaired) electrons. The van der Waals surface area contributed by atoms with Crippen LogP contribution in [0.3, 0.4) is 0 Å². The number of ketones is 1. The lowest BCUT2D eigenvalue weighted by molar-refractivity contribution is -0.119. The summed E-state index contributed by atoms with van der Waals surface area (Å²) in [6.45, 7) is 0. The highest BCUT2D eigenvalue weighted by atomic mass is 16.5. The number of ether oxygens (including phenoxy) is 3. The Kier molecular flexibility index (Phi) is 4.17. The fraction of sp³-hybridized carbons (Fsp3) is 0.333. The Morgan fingerprint density at radius 2 is 1.92 bits per heavy atom. The smallest absolute Gasteiger partial charge is 0.249 e. The quantitative estimate of drug-likeness (QED) is 0.824. The second kappa shape index (κ2) is 6.30. The summed E-state index contributed by atoms with van der Waals surface area (Å²) in [5.74, 6) is 0.0509. The maximum atomic E-state index is 12.8. The molecule has 1 atom stereocenters. The van der Waals surface area contributed by atoms with Crippen LogP contribution in [0.15, 0.2) is 12.4 Å². The Labute approximate surface area is 142 Å². The molecule has 1 amide bonds. The number of carbonyl (C=O) groups is 2. The minimum absolute atomic E-state index is 0.0426. The minimum Gasteiger partial charge on any atom is -0.493 e. The van der Waals surface area contributed by atoms with Crippen LogP contribution in [0.25, 0.3) is 0 Å². The highest BCUT2D eigenvalue weighted by molar-refractivity contribution is 6.13. The van der Waals surface area contributed by atoms with E-state index < -0.39 is 11.9 Å². The van der Waals surface area contributed by atoms with Crippen molar-refractivity contribution in [2.24, 2.45) is 0 Å². The summed E-state index contributed by atoms with van der Waals surface area (Å²) in [6, 6.07) is 0.587. The average Bonchev–Trinajstić information content (AvgIpc) is 2.98. The van der Waals surface area contributed by atoms with E-state index in [4.69, 9.17) is 19.9 Å². The molecule has 0 aliphatic carbocycles. The minimum atomic E-state index is -0.927. The number of benzene rings is 1. The van der Waals surface area contributed by atoms with Crippen molar-refractivity contribution >= 4 is 23.3 Å². The Hall–Kier alpha value is -3.30. The second-order valence-electron chi connectivity index (χ2n) is 5.26. The molecule has 0 bridgehead atoms. The van der Waals surface area contributed by atoms with Crippen molar-refractivity contribution in [2.75, 3.05) is 32.4 Å². The molecule has 2 aromatic rings. The van der Waals surface area contributed by atoms with Crippen LogP contribution in [0.1, 0.15) is 22.8 Å². The number of hydrogen-bond donors (Lipinski definition) is 2. The van der Waals surface area contributed by atoms with Gasteiger partial charge in [0.25, 0.3) is 0 Å². The fourth-order valence-electron chi connectivity index (χ4n) is 2.81. The normalized spacial score (nSPS) is 16.7. The number of nitrogen functional groups attached to an aromatic ring is 1. The molecule has 2 heterocycles. The number of Topliss-reactive ketones (excluding diaryl/α,β-unsaturated/α-hetero) is 1. The van der Waals surface area contributed by atoms with Crippen LogP contribution < -0.4 is 25.3 Å². The molecule has 1 aromatic carbocycles. The molecule has 1 aliphatic rings. The number of aromatic nitrogens is 3. The Morgan fingerprint density at radius 1 is 1.20 bits per heavy atom. The van der Waals surface area contributed by atoms with Crippen LogP contribution in [0.2, 0.25) is 0 Å². The molecular weight excluding hydrogens is 330 g/mol. The van der Waals surface area contributed by atoms with Gasteiger partial charge in [-0.2, -0.15) is 5.10 Å². The lowest BCUT2D eigenvalue weighted by Gasteiger charge is -2.17. The maximum Gasteiger partial charge on any atom is 0.249 e. The number of fused-ring (bicyclic) bond motifs is 1. The average molecular weight is 347 g/mol. The van der Waals surface area contributed by atoms with E-state index in [9.17, 15) is 9.59 Å². The SMILES string of the molecule is COc1cc2c(c(OC)c1OC)C(=O)CC(n1ncnc1N)C(=O)N2. The maximum absolute atomic E-state index is 12.8. The summed E-state index contributed by atoms with van der Waals surface area (Å²) in [7, 11) is 4.29. The fourth-order valence-corrected chi connectivity index (χ4v) is 2.81. The zero-order valence-electron chi connectivity index (χ0n) is 13.9. The number of carbonyl (C=O) groups excluding carboxylic acids is 2. The van der Waals surface area contributed by atoms with E-state index in [0.717, 1.165) is 0 Å². The van der Waals surface area contributed by atoms with E-state index in [1.807, 2.05) is 0 Å². The van der Waals surface area contributed by atoms with Crippen LogP contribution >= 0.6 is 0 Å². The third-order valence-corrected chi connectivity index (χ3v) is 3.94. The van der Waals surface area contributed by atoms with E-state index in [1.54, 1.807) is 0 Å². The van der Waals surface area contributed by atoms with Gasteiger partial charge in [-0.15, -0.1) is 0 Å². The van der Waals surface area contributed by atoms with Crippen LogP contribution in [0.5, 0.6) is 17.2 Å². The summed E-state index contributed by atoms with van der Waals surface area (Å²) < 4.78 is 17.1. The van der Waals surface area contributed by atoms with Crippen molar-refractivity contribution in [1.29, 1.82) is 0 Å². The molecule has 25 heavy (non-hydrogen) atoms. The van der Waals surface area contributed by atoms with Crippen LogP contribution in [0, 0.1) is 0 Å². The third kappa shape index (κ3) is 2.61. The van der Waals surface area contributed by atoms with Gasteiger partial charge in [0, 0.05) is 12.5 Å². The molecule has 3 rings (SSSR count). The molecule has 3 N–H and O–H groups in total. The number of anilines is 2. The summed E-state index contributed by atoms with van der Waals surface area (Å²) in [4.78, 5) is 29.2. The number of nitrogens with one attached hydrogen (secondary N) is 1. The second-order valence-corrected chi connectivity index (χ2v) is 5.26. The zero-order valence-corrected chi connectivity index (χ0v) is 13.9. The van der Waals surface area contributed by atoms with Gasteiger partial charge < -0.3 is 25.3 Å². The zero-order chi connectivity index (χ0) is 18.1. The van der Waals surface area contributed by atoms with E-state index in [-0.39, 0.29) is 40.9 Å². The molecule has 0 spiro atoms. The van der Waals surface area contributed by atoms with Crippen molar-refractivity contribution in [2.45, 2.75) is 12.5 Å². The molecule has 10 nitrogen and oxygen atoms in total. The first-order valence-corrected chi connectivity index (χ1v) is 7.33. The molecule has 10 heteroatoms. The number of rotatable bonds is 4. The molecule has 1 unspecified atom stereocenters. The molecule has 1 aliphatic heterocycles. The molecule has 0 saturated heterocycles. The van der Waals surface area contributed by atoms with Crippen molar-refractivity contribution in [3.05, 3.63) is 18.0 Å². The molecule has 0 saturated carbocycles. The third-order valence-electron chi connectivity index (χ3n) is 3.94. The van der Waals surface area contributed by atoms with Crippen molar-refractivity contribution in [3.8, 4) is 17.2 Å². The van der Waals surface area contributed by atoms with E-state index in [0.29, 0.717) is 5.75 Å². The Bertz CT molecular complexity index is 847. The van der Waals surface area contributed by atoms with Gasteiger partial charge in [0.05, 0.1) is 32.6 Å². The van der Waals surface area contributed by atoms with Crippen LogP contribution in [-0.4, -0.2) is 47.8 Å². The van der Waals surface area contributed by atoms with Crippen molar-refractivity contribution in [1.82, 2.24) is 14.8 Å². The predicted octanol–water partition coefficient (Wildman–Crippen LogP) is 0.652. The number of nitrogens with zero attached hydrogens (tertiary/aromatic N) is 3. The Balaban J connectivity index is 2.14. The standard InChI is InChI=1S/C15H17N5O5/c1-23-10-4-7-11(13(25-3)12(10)24-2)9(21)5-8(14(22)19-7)20-15(16)17-6-18-20/h4,6,8H,5H2,1-3H3,(H,19,22)(H2,16,17,18). The van der Waals surface area contributed by atoms with Gasteiger partial charge in [-0.05, 0) is 0 Å². The van der Waals surface area contributed by atoms with Crippen LogP contribution in [0.4, 0.5) is 11.6 Å². The number of nitrogens with two attached hydrogens (primary N) is 1. The molecule has 0 fully saturated rings. The highest BCUT2D eigenvalue weighted by Gasteiger charge is 2.35. The molecular formula is C15H17N5O5. The topological polar surface area (TPSA) is 131 Å². The van der Waals surface area contributed by atoms with Gasteiger partial charge in [0.15, 0.2) is 17.3 Å². The van der Waals surface area contributed by atoms with Gasteiger partial charge in [0.2, 0.25) is 17.6 Å². The van der Waals surface area contributed by atoms with Gasteiger partial charge in [-0.25, -0.2) is 9.67 Å². The number of methoxy groups -OCH3 is 3. The first kappa shape index (κ1) is 16.6. The first-order valence-electron chi connectivity index (χ1n) is 7.33. The van der Waals surface area contributed by atoms with E-state index >= 15 is 0 Å². The van der Waals surface area contributed by atoms with E-state index in [1.165, 1.54) is 38.4 Å². The summed E-state index contributed by atoms with van der Waals surface area (Å²) in [5.41, 5.74) is 6.19. The van der Waals surface area contributed by atoms with Gasteiger partial charge in [-0.3, -0.25) is 9.59 Å². The van der Waals surface area contributed by atoms with E-state index in [2.05, 4.69) is 15.4 Å². The monoisotopic (exact) mass is 347 g/mol. The van der Waals surface area contributed by atoms with Gasteiger partial charge >= 0.3 is 0 Å². The van der Waals surface area contributed by atoms with Crippen molar-refractivity contribution < 1.29 is 23.8 Å². The largest absolute Gasteiger partial charge is 0.493 e. The predicted molar refractivity (Wildman–Crippen MR) is 87.1 cm³/mol. The summed E-state index contributed by atoms with van der Waals surface area (Å²) >= 11 is 0. The lowest BCUT2D eigenvalue weighted by atomic mass is 10.0.